The van der Waals surface area contributed by atoms with Crippen molar-refractivity contribution < 1.29 is 4.65 Å². The Bertz CT molecular complexity index is 412. The lowest BCUT2D eigenvalue weighted by Gasteiger charge is -2.36. The van der Waals surface area contributed by atoms with Crippen LogP contribution in [0.4, 0.5) is 0 Å². The number of benzene rings is 1. The van der Waals surface area contributed by atoms with E-state index in [9.17, 15) is 0 Å². The van der Waals surface area contributed by atoms with Crippen molar-refractivity contribution in [2.45, 2.75) is 29.9 Å². The Morgan fingerprint density at radius 2 is 2.11 bits per heavy atom. The van der Waals surface area contributed by atoms with Gasteiger partial charge in [0.15, 0.2) is 0 Å². The molecule has 2 aliphatic heterocycles. The average molecular weight is 263 g/mol. The van der Waals surface area contributed by atoms with E-state index < -0.39 is 10.0 Å². The maximum absolute atomic E-state index is 6.02. The van der Waals surface area contributed by atoms with E-state index in [2.05, 4.69) is 47.7 Å². The predicted molar refractivity (Wildman–Crippen MR) is 80.8 cm³/mol. The van der Waals surface area contributed by atoms with Gasteiger partial charge in [-0.3, -0.25) is 0 Å². The summed E-state index contributed by atoms with van der Waals surface area (Å²) in [7, 11) is 0.127. The van der Waals surface area contributed by atoms with Crippen LogP contribution >= 0.6 is 10.0 Å². The van der Waals surface area contributed by atoms with E-state index in [4.69, 9.17) is 4.65 Å². The molecule has 0 spiro atoms. The van der Waals surface area contributed by atoms with Gasteiger partial charge in [-0.1, -0.05) is 30.3 Å². The Balaban J connectivity index is 1.72. The summed E-state index contributed by atoms with van der Waals surface area (Å²) in [6.07, 6.45) is 7.98. The zero-order chi connectivity index (χ0) is 12.6. The molecule has 4 heteroatoms. The van der Waals surface area contributed by atoms with Crippen LogP contribution in [0, 0.1) is 0 Å². The molecule has 1 aromatic carbocycles. The van der Waals surface area contributed by atoms with Crippen molar-refractivity contribution in [1.29, 1.82) is 0 Å². The van der Waals surface area contributed by atoms with E-state index in [0.29, 0.717) is 12.1 Å². The molecular weight excluding hydrogens is 241 g/mol. The SMILES string of the molecule is CS(C)(CC1OBN2CCCC12)c1ccccc1. The molecule has 0 radical (unpaired) electrons. The number of hydrogen-bond acceptors (Lipinski definition) is 2. The van der Waals surface area contributed by atoms with Crippen molar-refractivity contribution in [1.82, 2.24) is 4.81 Å². The second-order valence-corrected chi connectivity index (χ2v) is 9.76. The van der Waals surface area contributed by atoms with Crippen molar-refractivity contribution in [3.63, 3.8) is 0 Å². The van der Waals surface area contributed by atoms with Gasteiger partial charge in [-0.05, 0) is 36.8 Å². The Hall–Kier alpha value is -0.445. The van der Waals surface area contributed by atoms with Crippen LogP contribution in [0.1, 0.15) is 12.8 Å². The zero-order valence-corrected chi connectivity index (χ0v) is 12.2. The zero-order valence-electron chi connectivity index (χ0n) is 11.3. The molecule has 0 aromatic heterocycles. The van der Waals surface area contributed by atoms with E-state index in [0.717, 1.165) is 7.62 Å². The van der Waals surface area contributed by atoms with E-state index in [-0.39, 0.29) is 0 Å². The first-order valence-electron chi connectivity index (χ1n) is 6.78. The van der Waals surface area contributed by atoms with Crippen molar-refractivity contribution in [2.24, 2.45) is 0 Å². The van der Waals surface area contributed by atoms with E-state index in [1.54, 1.807) is 0 Å². The van der Waals surface area contributed by atoms with Gasteiger partial charge in [0.1, 0.15) is 0 Å². The van der Waals surface area contributed by atoms with E-state index in [1.807, 2.05) is 0 Å². The standard InChI is InChI=1S/C14H22BNOS/c1-18(2,12-7-4-3-5-8-12)11-14-13-9-6-10-16(13)15-17-14/h3-5,7-8,13-15H,6,9-11H2,1-2H3. The van der Waals surface area contributed by atoms with Gasteiger partial charge in [0.25, 0.3) is 0 Å². The van der Waals surface area contributed by atoms with Crippen molar-refractivity contribution >= 4 is 17.6 Å². The van der Waals surface area contributed by atoms with Crippen LogP contribution in [0.15, 0.2) is 35.2 Å². The third-order valence-electron chi connectivity index (χ3n) is 4.26. The second-order valence-electron chi connectivity index (χ2n) is 5.87. The Morgan fingerprint density at radius 1 is 1.33 bits per heavy atom. The van der Waals surface area contributed by atoms with Crippen LogP contribution < -0.4 is 0 Å². The van der Waals surface area contributed by atoms with Gasteiger partial charge in [-0.15, -0.1) is 0 Å². The maximum atomic E-state index is 6.02. The molecule has 2 unspecified atom stereocenters. The van der Waals surface area contributed by atoms with Crippen molar-refractivity contribution in [2.75, 3.05) is 24.8 Å². The molecule has 0 saturated carbocycles. The lowest BCUT2D eigenvalue weighted by atomic mass is 10.1. The summed E-state index contributed by atoms with van der Waals surface area (Å²) < 4.78 is 6.02. The highest BCUT2D eigenvalue weighted by Gasteiger charge is 2.40. The van der Waals surface area contributed by atoms with Gasteiger partial charge in [0.05, 0.1) is 6.10 Å². The van der Waals surface area contributed by atoms with Gasteiger partial charge < -0.3 is 9.47 Å². The van der Waals surface area contributed by atoms with Gasteiger partial charge >= 0.3 is 7.62 Å². The molecule has 1 aromatic rings. The smallest absolute Gasteiger partial charge is 0.364 e. The summed E-state index contributed by atoms with van der Waals surface area (Å²) in [4.78, 5) is 4.02. The third-order valence-corrected chi connectivity index (χ3v) is 6.97. The summed E-state index contributed by atoms with van der Waals surface area (Å²) in [6.45, 7) is 1.24. The average Bonchev–Trinajstić information content (AvgIpc) is 2.95. The summed E-state index contributed by atoms with van der Waals surface area (Å²) in [5.41, 5.74) is 0. The first kappa shape index (κ1) is 12.6. The fourth-order valence-electron chi connectivity index (χ4n) is 3.19. The van der Waals surface area contributed by atoms with Crippen LogP contribution in [0.5, 0.6) is 0 Å². The summed E-state index contributed by atoms with van der Waals surface area (Å²) in [5, 5.41) is 0. The molecule has 0 aliphatic carbocycles. The number of fused-ring (bicyclic) bond motifs is 1. The van der Waals surface area contributed by atoms with Crippen molar-refractivity contribution in [3.05, 3.63) is 30.3 Å². The van der Waals surface area contributed by atoms with Crippen LogP contribution in [-0.4, -0.2) is 49.4 Å². The van der Waals surface area contributed by atoms with E-state index >= 15 is 0 Å². The highest BCUT2D eigenvalue weighted by atomic mass is 32.3. The minimum Gasteiger partial charge on any atom is -0.419 e. The fraction of sp³-hybridized carbons (Fsp3) is 0.571. The quantitative estimate of drug-likeness (QED) is 0.775. The summed E-state index contributed by atoms with van der Waals surface area (Å²) in [5.74, 6) is 1.21. The Labute approximate surface area is 112 Å². The third kappa shape index (κ3) is 2.34. The molecule has 0 bridgehead atoms. The first-order chi connectivity index (χ1) is 8.67. The topological polar surface area (TPSA) is 12.5 Å². The lowest BCUT2D eigenvalue weighted by Crippen LogP contribution is -2.33. The fourth-order valence-corrected chi connectivity index (χ4v) is 5.42. The number of nitrogens with zero attached hydrogens (tertiary/aromatic N) is 1. The molecule has 2 saturated heterocycles. The molecular formula is C14H22BNOS. The minimum atomic E-state index is -0.734. The van der Waals surface area contributed by atoms with E-state index in [1.165, 1.54) is 30.0 Å². The molecule has 2 heterocycles. The minimum absolute atomic E-state index is 0.456. The Morgan fingerprint density at radius 3 is 2.89 bits per heavy atom. The molecule has 18 heavy (non-hydrogen) atoms. The second kappa shape index (κ2) is 4.91. The van der Waals surface area contributed by atoms with Gasteiger partial charge in [0, 0.05) is 11.8 Å². The largest absolute Gasteiger partial charge is 0.419 e. The van der Waals surface area contributed by atoms with Gasteiger partial charge in [-0.25, -0.2) is 10.0 Å². The molecule has 3 rings (SSSR count). The molecule has 2 atom stereocenters. The molecule has 98 valence electrons. The highest BCUT2D eigenvalue weighted by molar-refractivity contribution is 8.32. The number of rotatable bonds is 3. The summed E-state index contributed by atoms with van der Waals surface area (Å²) >= 11 is 0. The van der Waals surface area contributed by atoms with Crippen LogP contribution in [-0.2, 0) is 4.65 Å². The first-order valence-corrected chi connectivity index (χ1v) is 9.40. The molecule has 2 fully saturated rings. The van der Waals surface area contributed by atoms with Gasteiger partial charge in [0.2, 0.25) is 0 Å². The number of hydrogen-bond donors (Lipinski definition) is 0. The van der Waals surface area contributed by atoms with Crippen LogP contribution in [0.2, 0.25) is 0 Å². The summed E-state index contributed by atoms with van der Waals surface area (Å²) in [6, 6.07) is 11.7. The van der Waals surface area contributed by atoms with Crippen molar-refractivity contribution in [3.8, 4) is 0 Å². The molecule has 0 N–H and O–H groups in total. The molecule has 2 aliphatic rings. The molecule has 0 amide bonds. The monoisotopic (exact) mass is 263 g/mol. The van der Waals surface area contributed by atoms with Gasteiger partial charge in [-0.2, -0.15) is 0 Å². The normalized spacial score (nSPS) is 29.0. The van der Waals surface area contributed by atoms with Crippen LogP contribution in [0.3, 0.4) is 0 Å². The highest BCUT2D eigenvalue weighted by Crippen LogP contribution is 2.51. The maximum Gasteiger partial charge on any atom is 0.364 e. The van der Waals surface area contributed by atoms with Crippen LogP contribution in [0.25, 0.3) is 0 Å². The predicted octanol–water partition coefficient (Wildman–Crippen LogP) is 2.24. The molecule has 2 nitrogen and oxygen atoms in total. The Kier molecular flexibility index (Phi) is 3.43. The lowest BCUT2D eigenvalue weighted by molar-refractivity contribution is 0.231.